The van der Waals surface area contributed by atoms with Gasteiger partial charge in [0.2, 0.25) is 0 Å². The maximum absolute atomic E-state index is 13.7. The van der Waals surface area contributed by atoms with Crippen LogP contribution in [-0.2, 0) is 6.42 Å². The van der Waals surface area contributed by atoms with Crippen LogP contribution in [0.15, 0.2) is 6.33 Å². The average Bonchev–Trinajstić information content (AvgIpc) is 3.00. The van der Waals surface area contributed by atoms with Crippen LogP contribution in [0.3, 0.4) is 0 Å². The Morgan fingerprint density at radius 3 is 2.87 bits per heavy atom. The summed E-state index contributed by atoms with van der Waals surface area (Å²) in [4.78, 5) is 7.84. The molecule has 0 radical (unpaired) electrons. The molecule has 82 valence electrons. The summed E-state index contributed by atoms with van der Waals surface area (Å²) in [5.41, 5.74) is 0.487. The minimum absolute atomic E-state index is 0.290. The summed E-state index contributed by atoms with van der Waals surface area (Å²) < 4.78 is 13.7. The molecule has 2 atom stereocenters. The number of aromatic nitrogens is 2. The summed E-state index contributed by atoms with van der Waals surface area (Å²) in [6.45, 7) is 4.04. The van der Waals surface area contributed by atoms with Crippen LogP contribution in [0.5, 0.6) is 0 Å². The van der Waals surface area contributed by atoms with Gasteiger partial charge in [0, 0.05) is 6.04 Å². The summed E-state index contributed by atoms with van der Waals surface area (Å²) in [7, 11) is 0. The van der Waals surface area contributed by atoms with Gasteiger partial charge in [-0.15, -0.1) is 0 Å². The van der Waals surface area contributed by atoms with Crippen molar-refractivity contribution in [2.75, 3.05) is 5.32 Å². The Balaban J connectivity index is 2.08. The van der Waals surface area contributed by atoms with E-state index >= 15 is 0 Å². The van der Waals surface area contributed by atoms with Crippen molar-refractivity contribution in [1.29, 1.82) is 0 Å². The zero-order valence-electron chi connectivity index (χ0n) is 9.13. The average molecular weight is 209 g/mol. The molecule has 0 amide bonds. The van der Waals surface area contributed by atoms with Crippen molar-refractivity contribution in [3.8, 4) is 0 Å². The Labute approximate surface area is 89.1 Å². The largest absolute Gasteiger partial charge is 0.365 e. The lowest BCUT2D eigenvalue weighted by Crippen LogP contribution is -2.10. The predicted molar refractivity (Wildman–Crippen MR) is 57.2 cm³/mol. The first-order valence-corrected chi connectivity index (χ1v) is 5.52. The Morgan fingerprint density at radius 2 is 2.27 bits per heavy atom. The van der Waals surface area contributed by atoms with Gasteiger partial charge in [0.15, 0.2) is 11.6 Å². The highest BCUT2D eigenvalue weighted by molar-refractivity contribution is 5.40. The van der Waals surface area contributed by atoms with E-state index in [9.17, 15) is 4.39 Å². The van der Waals surface area contributed by atoms with Crippen LogP contribution in [0, 0.1) is 11.7 Å². The Hall–Kier alpha value is -1.19. The van der Waals surface area contributed by atoms with E-state index in [4.69, 9.17) is 0 Å². The molecule has 2 unspecified atom stereocenters. The van der Waals surface area contributed by atoms with Gasteiger partial charge >= 0.3 is 0 Å². The van der Waals surface area contributed by atoms with Gasteiger partial charge in [-0.25, -0.2) is 14.4 Å². The minimum Gasteiger partial charge on any atom is -0.365 e. The van der Waals surface area contributed by atoms with Gasteiger partial charge in [0.1, 0.15) is 6.33 Å². The van der Waals surface area contributed by atoms with Gasteiger partial charge in [0.25, 0.3) is 0 Å². The van der Waals surface area contributed by atoms with E-state index in [0.717, 1.165) is 12.8 Å². The van der Waals surface area contributed by atoms with Gasteiger partial charge in [-0.2, -0.15) is 0 Å². The van der Waals surface area contributed by atoms with Crippen LogP contribution >= 0.6 is 0 Å². The normalized spacial score (nSPS) is 23.9. The fraction of sp³-hybridized carbons (Fsp3) is 0.636. The van der Waals surface area contributed by atoms with Crippen LogP contribution in [0.4, 0.5) is 10.2 Å². The summed E-state index contributed by atoms with van der Waals surface area (Å²) >= 11 is 0. The second-order valence-electron chi connectivity index (χ2n) is 3.99. The molecule has 15 heavy (non-hydrogen) atoms. The molecule has 4 heteroatoms. The Bertz CT molecular complexity index is 354. The summed E-state index contributed by atoms with van der Waals surface area (Å²) in [6.07, 6.45) is 4.30. The van der Waals surface area contributed by atoms with Gasteiger partial charge < -0.3 is 5.32 Å². The van der Waals surface area contributed by atoms with E-state index in [2.05, 4.69) is 22.2 Å². The van der Waals surface area contributed by atoms with E-state index in [-0.39, 0.29) is 5.82 Å². The number of anilines is 1. The third-order valence-electron chi connectivity index (χ3n) is 2.97. The first-order chi connectivity index (χ1) is 7.26. The summed E-state index contributed by atoms with van der Waals surface area (Å²) in [5.74, 6) is 0.758. The van der Waals surface area contributed by atoms with Crippen molar-refractivity contribution >= 4 is 5.82 Å². The Morgan fingerprint density at radius 1 is 1.47 bits per heavy atom. The molecule has 0 aliphatic heterocycles. The topological polar surface area (TPSA) is 37.8 Å². The highest BCUT2D eigenvalue weighted by Crippen LogP contribution is 2.36. The zero-order chi connectivity index (χ0) is 10.8. The lowest BCUT2D eigenvalue weighted by molar-refractivity contribution is 0.595. The first kappa shape index (κ1) is 10.3. The highest BCUT2D eigenvalue weighted by Gasteiger charge is 2.36. The Kier molecular flexibility index (Phi) is 2.84. The van der Waals surface area contributed by atoms with Gasteiger partial charge in [-0.3, -0.25) is 0 Å². The smallest absolute Gasteiger partial charge is 0.186 e. The van der Waals surface area contributed by atoms with Crippen molar-refractivity contribution in [3.05, 3.63) is 17.8 Å². The number of hydrogen-bond donors (Lipinski definition) is 1. The van der Waals surface area contributed by atoms with E-state index in [1.807, 2.05) is 6.92 Å². The fourth-order valence-corrected chi connectivity index (χ4v) is 1.80. The molecule has 1 saturated carbocycles. The number of nitrogens with zero attached hydrogens (tertiary/aromatic N) is 2. The van der Waals surface area contributed by atoms with Crippen LogP contribution in [0.1, 0.15) is 32.4 Å². The third-order valence-corrected chi connectivity index (χ3v) is 2.97. The third kappa shape index (κ3) is 2.08. The standard InChI is InChI=1S/C11H16FN3/c1-3-7-5-9(7)15-11-10(12)8(4-2)13-6-14-11/h6-7,9H,3-5H2,1-2H3,(H,13,14,15). The molecule has 2 rings (SSSR count). The molecule has 3 nitrogen and oxygen atoms in total. The van der Waals surface area contributed by atoms with E-state index in [1.54, 1.807) is 0 Å². The second kappa shape index (κ2) is 4.13. The van der Waals surface area contributed by atoms with Crippen molar-refractivity contribution in [3.63, 3.8) is 0 Å². The number of rotatable bonds is 4. The van der Waals surface area contributed by atoms with Gasteiger partial charge in [-0.05, 0) is 18.8 Å². The fourth-order valence-electron chi connectivity index (χ4n) is 1.80. The van der Waals surface area contributed by atoms with Gasteiger partial charge in [-0.1, -0.05) is 20.3 Å². The number of halogens is 1. The molecule has 1 heterocycles. The maximum Gasteiger partial charge on any atom is 0.186 e. The van der Waals surface area contributed by atoms with Crippen LogP contribution in [-0.4, -0.2) is 16.0 Å². The van der Waals surface area contributed by atoms with E-state index in [1.165, 1.54) is 6.33 Å². The van der Waals surface area contributed by atoms with Crippen molar-refractivity contribution in [2.45, 2.75) is 39.2 Å². The molecule has 0 spiro atoms. The lowest BCUT2D eigenvalue weighted by Gasteiger charge is -2.07. The zero-order valence-corrected chi connectivity index (χ0v) is 9.13. The molecular weight excluding hydrogens is 193 g/mol. The minimum atomic E-state index is -0.290. The summed E-state index contributed by atoms with van der Waals surface area (Å²) in [5, 5.41) is 3.13. The highest BCUT2D eigenvalue weighted by atomic mass is 19.1. The van der Waals surface area contributed by atoms with E-state index in [0.29, 0.717) is 29.9 Å². The lowest BCUT2D eigenvalue weighted by atomic mass is 10.3. The molecule has 0 bridgehead atoms. The molecule has 0 aromatic carbocycles. The van der Waals surface area contributed by atoms with Crippen molar-refractivity contribution in [1.82, 2.24) is 9.97 Å². The molecule has 1 aliphatic rings. The quantitative estimate of drug-likeness (QED) is 0.827. The monoisotopic (exact) mass is 209 g/mol. The van der Waals surface area contributed by atoms with Crippen LogP contribution in [0.25, 0.3) is 0 Å². The molecule has 1 aromatic rings. The first-order valence-electron chi connectivity index (χ1n) is 5.52. The summed E-state index contributed by atoms with van der Waals surface area (Å²) in [6, 6.07) is 0.407. The van der Waals surface area contributed by atoms with Crippen molar-refractivity contribution < 1.29 is 4.39 Å². The molecule has 1 aliphatic carbocycles. The van der Waals surface area contributed by atoms with Gasteiger partial charge in [0.05, 0.1) is 5.69 Å². The SMILES string of the molecule is CCc1ncnc(NC2CC2CC)c1F. The van der Waals surface area contributed by atoms with Crippen molar-refractivity contribution in [2.24, 2.45) is 5.92 Å². The second-order valence-corrected chi connectivity index (χ2v) is 3.99. The molecule has 1 aromatic heterocycles. The number of nitrogens with one attached hydrogen (secondary N) is 1. The van der Waals surface area contributed by atoms with Crippen LogP contribution < -0.4 is 5.32 Å². The number of hydrogen-bond acceptors (Lipinski definition) is 3. The molecule has 1 N–H and O–H groups in total. The van der Waals surface area contributed by atoms with E-state index < -0.39 is 0 Å². The number of aryl methyl sites for hydroxylation is 1. The molecule has 0 saturated heterocycles. The van der Waals surface area contributed by atoms with Crippen LogP contribution in [0.2, 0.25) is 0 Å². The predicted octanol–water partition coefficient (Wildman–Crippen LogP) is 2.39. The maximum atomic E-state index is 13.7. The molecule has 1 fully saturated rings. The molecular formula is C11H16FN3.